The lowest BCUT2D eigenvalue weighted by atomic mass is 10.1. The molecule has 2 aromatic carbocycles. The number of aryl methyl sites for hydroxylation is 1. The number of thioether (sulfide) groups is 1. The van der Waals surface area contributed by atoms with Crippen LogP contribution in [0.3, 0.4) is 0 Å². The first-order chi connectivity index (χ1) is 13.0. The summed E-state index contributed by atoms with van der Waals surface area (Å²) in [5.74, 6) is 0.470. The first-order valence-electron chi connectivity index (χ1n) is 8.71. The maximum Gasteiger partial charge on any atom is 0.293 e. The number of hydrogen-bond donors (Lipinski definition) is 0. The van der Waals surface area contributed by atoms with Crippen LogP contribution in [0.1, 0.15) is 18.1 Å². The predicted octanol–water partition coefficient (Wildman–Crippen LogP) is 5.06. The van der Waals surface area contributed by atoms with Gasteiger partial charge in [0.15, 0.2) is 0 Å². The fourth-order valence-corrected chi connectivity index (χ4v) is 3.63. The highest BCUT2D eigenvalue weighted by Gasteiger charge is 2.34. The lowest BCUT2D eigenvalue weighted by molar-refractivity contribution is -0.123. The third-order valence-electron chi connectivity index (χ3n) is 4.00. The maximum absolute atomic E-state index is 12.5. The molecule has 0 saturated carbocycles. The molecule has 0 aliphatic carbocycles. The van der Waals surface area contributed by atoms with E-state index >= 15 is 0 Å². The number of allylic oxidation sites excluding steroid dienone is 2. The van der Waals surface area contributed by atoms with Crippen LogP contribution in [0.15, 0.2) is 71.2 Å². The zero-order valence-corrected chi connectivity index (χ0v) is 16.2. The van der Waals surface area contributed by atoms with Crippen molar-refractivity contribution in [2.24, 2.45) is 0 Å². The summed E-state index contributed by atoms with van der Waals surface area (Å²) in [6.45, 7) is 4.41. The Morgan fingerprint density at radius 1 is 1.11 bits per heavy atom. The van der Waals surface area contributed by atoms with E-state index in [0.29, 0.717) is 4.91 Å². The van der Waals surface area contributed by atoms with Crippen molar-refractivity contribution in [2.75, 3.05) is 13.2 Å². The van der Waals surface area contributed by atoms with Crippen molar-refractivity contribution in [1.82, 2.24) is 4.90 Å². The van der Waals surface area contributed by atoms with Crippen LogP contribution in [-0.2, 0) is 4.79 Å². The highest BCUT2D eigenvalue weighted by Crippen LogP contribution is 2.31. The summed E-state index contributed by atoms with van der Waals surface area (Å²) in [6.07, 6.45) is 3.74. The van der Waals surface area contributed by atoms with Crippen molar-refractivity contribution >= 4 is 29.0 Å². The van der Waals surface area contributed by atoms with E-state index in [1.807, 2.05) is 74.5 Å². The van der Waals surface area contributed by atoms with Gasteiger partial charge in [0.1, 0.15) is 12.4 Å². The lowest BCUT2D eigenvalue weighted by Gasteiger charge is -2.13. The molecule has 2 amide bonds. The van der Waals surface area contributed by atoms with Gasteiger partial charge in [-0.25, -0.2) is 0 Å². The number of benzene rings is 2. The number of hydrogen-bond acceptors (Lipinski definition) is 4. The molecule has 2 aromatic rings. The number of carbonyl (C=O) groups is 2. The molecule has 27 heavy (non-hydrogen) atoms. The molecule has 1 heterocycles. The van der Waals surface area contributed by atoms with E-state index < -0.39 is 0 Å². The topological polar surface area (TPSA) is 46.6 Å². The Labute approximate surface area is 163 Å². The Morgan fingerprint density at radius 2 is 1.89 bits per heavy atom. The molecule has 0 atom stereocenters. The molecule has 4 nitrogen and oxygen atoms in total. The Morgan fingerprint density at radius 3 is 2.63 bits per heavy atom. The van der Waals surface area contributed by atoms with Crippen molar-refractivity contribution < 1.29 is 14.3 Å². The van der Waals surface area contributed by atoms with Crippen molar-refractivity contribution in [2.45, 2.75) is 13.8 Å². The Balaban J connectivity index is 1.61. The van der Waals surface area contributed by atoms with Gasteiger partial charge in [-0.3, -0.25) is 14.5 Å². The first-order valence-corrected chi connectivity index (χ1v) is 9.53. The molecule has 5 heteroatoms. The third-order valence-corrected chi connectivity index (χ3v) is 4.91. The fraction of sp³-hybridized carbons (Fsp3) is 0.182. The van der Waals surface area contributed by atoms with Crippen LogP contribution in [0, 0.1) is 6.92 Å². The molecule has 0 aromatic heterocycles. The monoisotopic (exact) mass is 379 g/mol. The molecule has 0 spiro atoms. The number of rotatable bonds is 6. The van der Waals surface area contributed by atoms with Crippen molar-refractivity contribution in [3.8, 4) is 5.75 Å². The molecule has 1 fully saturated rings. The summed E-state index contributed by atoms with van der Waals surface area (Å²) in [5, 5.41) is -0.258. The van der Waals surface area contributed by atoms with Gasteiger partial charge in [0.2, 0.25) is 0 Å². The maximum atomic E-state index is 12.5. The van der Waals surface area contributed by atoms with Gasteiger partial charge in [0.25, 0.3) is 11.1 Å². The molecule has 138 valence electrons. The normalized spacial score (nSPS) is 16.3. The van der Waals surface area contributed by atoms with Crippen molar-refractivity contribution in [3.63, 3.8) is 0 Å². The molecular formula is C22H21NO3S. The average Bonchev–Trinajstić information content (AvgIpc) is 2.90. The second-order valence-electron chi connectivity index (χ2n) is 6.30. The number of imide groups is 1. The Hall–Kier alpha value is -2.79. The molecular weight excluding hydrogens is 358 g/mol. The predicted molar refractivity (Wildman–Crippen MR) is 110 cm³/mol. The second-order valence-corrected chi connectivity index (χ2v) is 7.29. The minimum atomic E-state index is -0.265. The fourth-order valence-electron chi connectivity index (χ4n) is 2.71. The van der Waals surface area contributed by atoms with Gasteiger partial charge in [0.05, 0.1) is 11.4 Å². The molecule has 1 aliphatic heterocycles. The van der Waals surface area contributed by atoms with Crippen molar-refractivity contribution in [3.05, 3.63) is 82.3 Å². The molecule has 0 unspecified atom stereocenters. The van der Waals surface area contributed by atoms with Crippen LogP contribution < -0.4 is 4.74 Å². The van der Waals surface area contributed by atoms with Gasteiger partial charge in [-0.05, 0) is 60.5 Å². The van der Waals surface area contributed by atoms with Crippen LogP contribution in [0.4, 0.5) is 4.79 Å². The summed E-state index contributed by atoms with van der Waals surface area (Å²) >= 11 is 0.972. The van der Waals surface area contributed by atoms with Crippen molar-refractivity contribution in [1.29, 1.82) is 0 Å². The highest BCUT2D eigenvalue weighted by atomic mass is 32.2. The highest BCUT2D eigenvalue weighted by molar-refractivity contribution is 8.18. The quantitative estimate of drug-likeness (QED) is 0.659. The van der Waals surface area contributed by atoms with Crippen LogP contribution >= 0.6 is 11.8 Å². The molecule has 1 saturated heterocycles. The summed E-state index contributed by atoms with van der Waals surface area (Å²) in [6, 6.07) is 17.5. The van der Waals surface area contributed by atoms with Crippen LogP contribution in [0.2, 0.25) is 0 Å². The number of ether oxygens (including phenoxy) is 1. The molecule has 3 rings (SSSR count). The number of amides is 2. The second kappa shape index (κ2) is 8.73. The Kier molecular flexibility index (Phi) is 6.14. The minimum Gasteiger partial charge on any atom is -0.492 e. The summed E-state index contributed by atoms with van der Waals surface area (Å²) in [4.78, 5) is 26.4. The van der Waals surface area contributed by atoms with E-state index in [2.05, 4.69) is 0 Å². The van der Waals surface area contributed by atoms with Gasteiger partial charge in [-0.15, -0.1) is 0 Å². The van der Waals surface area contributed by atoms with Gasteiger partial charge in [-0.2, -0.15) is 0 Å². The summed E-state index contributed by atoms with van der Waals surface area (Å²) < 4.78 is 5.65. The van der Waals surface area contributed by atoms with Gasteiger partial charge in [0, 0.05) is 0 Å². The average molecular weight is 379 g/mol. The van der Waals surface area contributed by atoms with E-state index in [0.717, 1.165) is 34.2 Å². The number of carbonyl (C=O) groups excluding carboxylic acids is 2. The van der Waals surface area contributed by atoms with E-state index in [1.54, 1.807) is 6.08 Å². The van der Waals surface area contributed by atoms with Crippen LogP contribution in [0.5, 0.6) is 5.75 Å². The first kappa shape index (κ1) is 19.0. The van der Waals surface area contributed by atoms with Gasteiger partial charge >= 0.3 is 0 Å². The van der Waals surface area contributed by atoms with E-state index in [1.165, 1.54) is 4.90 Å². The largest absolute Gasteiger partial charge is 0.492 e. The number of nitrogens with zero attached hydrogens (tertiary/aromatic N) is 1. The van der Waals surface area contributed by atoms with E-state index in [9.17, 15) is 9.59 Å². The molecule has 0 bridgehead atoms. The lowest BCUT2D eigenvalue weighted by Crippen LogP contribution is -2.32. The van der Waals surface area contributed by atoms with Crippen LogP contribution in [0.25, 0.3) is 6.08 Å². The summed E-state index contributed by atoms with van der Waals surface area (Å²) in [7, 11) is 0. The van der Waals surface area contributed by atoms with E-state index in [-0.39, 0.29) is 24.3 Å². The standard InChI is InChI=1S/C22H21NO3S/c1-16-7-6-10-19(14-16)26-12-11-23-21(24)20(27-22(23)25)15-17(2)13-18-8-4-3-5-9-18/h3-10,13-15H,11-12H2,1-2H3/b17-13+,20-15-. The zero-order valence-electron chi connectivity index (χ0n) is 15.3. The van der Waals surface area contributed by atoms with Gasteiger partial charge < -0.3 is 4.74 Å². The summed E-state index contributed by atoms with van der Waals surface area (Å²) in [5.41, 5.74) is 3.07. The molecule has 1 aliphatic rings. The Bertz CT molecular complexity index is 903. The minimum absolute atomic E-state index is 0.234. The molecule has 0 N–H and O–H groups in total. The zero-order chi connectivity index (χ0) is 19.2. The third kappa shape index (κ3) is 5.11. The van der Waals surface area contributed by atoms with E-state index in [4.69, 9.17) is 4.74 Å². The smallest absolute Gasteiger partial charge is 0.293 e. The SMILES string of the molecule is CC(/C=C1\SC(=O)N(CCOc2cccc(C)c2)C1=O)=C\c1ccccc1. The van der Waals surface area contributed by atoms with Gasteiger partial charge in [-0.1, -0.05) is 48.5 Å². The van der Waals surface area contributed by atoms with Crippen LogP contribution in [-0.4, -0.2) is 29.2 Å². The molecule has 0 radical (unpaired) electrons.